The molecule has 120 valence electrons. The second kappa shape index (κ2) is 5.25. The molecule has 1 heterocycles. The predicted molar refractivity (Wildman–Crippen MR) is 85.3 cm³/mol. The summed E-state index contributed by atoms with van der Waals surface area (Å²) < 4.78 is 36.4. The van der Waals surface area contributed by atoms with Crippen LogP contribution in [0.1, 0.15) is 11.5 Å². The molecule has 23 heavy (non-hydrogen) atoms. The molecule has 2 aromatic carbocycles. The number of benzene rings is 2. The van der Waals surface area contributed by atoms with Gasteiger partial charge < -0.3 is 15.2 Å². The fourth-order valence-corrected chi connectivity index (χ4v) is 5.62. The molecule has 0 unspecified atom stereocenters. The Labute approximate surface area is 134 Å². The van der Waals surface area contributed by atoms with Crippen LogP contribution in [0.4, 0.5) is 0 Å². The minimum atomic E-state index is -3.39. The largest absolute Gasteiger partial charge is 0.454 e. The van der Waals surface area contributed by atoms with Gasteiger partial charge in [0.25, 0.3) is 0 Å². The van der Waals surface area contributed by atoms with Gasteiger partial charge in [-0.25, -0.2) is 8.42 Å². The van der Waals surface area contributed by atoms with Gasteiger partial charge in [0.2, 0.25) is 6.79 Å². The third-order valence-corrected chi connectivity index (χ3v) is 6.87. The van der Waals surface area contributed by atoms with E-state index in [1.807, 2.05) is 24.3 Å². The number of sulfone groups is 1. The number of nitrogens with two attached hydrogens (primary N) is 1. The van der Waals surface area contributed by atoms with Gasteiger partial charge >= 0.3 is 0 Å². The molecule has 1 aliphatic carbocycles. The molecule has 0 saturated heterocycles. The quantitative estimate of drug-likeness (QED) is 0.926. The minimum Gasteiger partial charge on any atom is -0.454 e. The van der Waals surface area contributed by atoms with Gasteiger partial charge in [0.15, 0.2) is 21.3 Å². The minimum absolute atomic E-state index is 0.0689. The van der Waals surface area contributed by atoms with Crippen LogP contribution in [-0.2, 0) is 9.84 Å². The zero-order valence-corrected chi connectivity index (χ0v) is 13.2. The van der Waals surface area contributed by atoms with Gasteiger partial charge in [-0.1, -0.05) is 24.3 Å². The molecule has 3 atom stereocenters. The van der Waals surface area contributed by atoms with Gasteiger partial charge in [-0.3, -0.25) is 0 Å². The number of hydrogen-bond acceptors (Lipinski definition) is 5. The van der Waals surface area contributed by atoms with Crippen molar-refractivity contribution in [2.45, 2.75) is 16.1 Å². The molecule has 1 saturated carbocycles. The van der Waals surface area contributed by atoms with Crippen LogP contribution in [-0.4, -0.2) is 27.0 Å². The zero-order valence-electron chi connectivity index (χ0n) is 12.4. The molecule has 0 radical (unpaired) electrons. The summed E-state index contributed by atoms with van der Waals surface area (Å²) in [7, 11) is -3.39. The summed E-state index contributed by atoms with van der Waals surface area (Å²) >= 11 is 0. The average Bonchev–Trinajstić information content (AvgIpc) is 3.15. The van der Waals surface area contributed by atoms with Crippen molar-refractivity contribution in [3.63, 3.8) is 0 Å². The lowest BCUT2D eigenvalue weighted by atomic mass is 10.1. The third-order valence-electron chi connectivity index (χ3n) is 4.58. The first-order chi connectivity index (χ1) is 11.1. The summed E-state index contributed by atoms with van der Waals surface area (Å²) in [4.78, 5) is 0.353. The Morgan fingerprint density at radius 2 is 1.78 bits per heavy atom. The van der Waals surface area contributed by atoms with Crippen LogP contribution in [0.2, 0.25) is 0 Å². The molecule has 5 nitrogen and oxygen atoms in total. The van der Waals surface area contributed by atoms with Crippen LogP contribution in [0.3, 0.4) is 0 Å². The molecule has 2 N–H and O–H groups in total. The molecule has 0 bridgehead atoms. The predicted octanol–water partition coefficient (Wildman–Crippen LogP) is 1.93. The molecule has 1 fully saturated rings. The van der Waals surface area contributed by atoms with Crippen molar-refractivity contribution < 1.29 is 17.9 Å². The normalized spacial score (nSPS) is 25.3. The van der Waals surface area contributed by atoms with Gasteiger partial charge in [0.05, 0.1) is 10.1 Å². The van der Waals surface area contributed by atoms with Crippen molar-refractivity contribution in [2.24, 2.45) is 11.7 Å². The second-order valence-corrected chi connectivity index (χ2v) is 7.97. The maximum atomic E-state index is 12.9. The van der Waals surface area contributed by atoms with Gasteiger partial charge in [-0.2, -0.15) is 0 Å². The van der Waals surface area contributed by atoms with E-state index in [1.54, 1.807) is 24.3 Å². The van der Waals surface area contributed by atoms with E-state index >= 15 is 0 Å². The lowest BCUT2D eigenvalue weighted by molar-refractivity contribution is 0.174. The summed E-state index contributed by atoms with van der Waals surface area (Å²) in [6.07, 6.45) is 0. The number of ether oxygens (including phenoxy) is 2. The van der Waals surface area contributed by atoms with E-state index in [-0.39, 0.29) is 18.6 Å². The van der Waals surface area contributed by atoms with E-state index in [9.17, 15) is 8.42 Å². The van der Waals surface area contributed by atoms with Crippen LogP contribution in [0.5, 0.6) is 11.5 Å². The van der Waals surface area contributed by atoms with Crippen molar-refractivity contribution in [1.29, 1.82) is 0 Å². The summed E-state index contributed by atoms with van der Waals surface area (Å²) in [5.41, 5.74) is 6.76. The van der Waals surface area contributed by atoms with Gasteiger partial charge in [-0.15, -0.1) is 0 Å². The first-order valence-corrected chi connectivity index (χ1v) is 9.06. The summed E-state index contributed by atoms with van der Waals surface area (Å²) in [6, 6.07) is 14.2. The number of rotatable bonds is 4. The first kappa shape index (κ1) is 14.5. The van der Waals surface area contributed by atoms with Gasteiger partial charge in [0, 0.05) is 5.92 Å². The standard InChI is InChI=1S/C17H17NO4S/c18-9-13-16(11-6-7-14-15(8-11)22-10-21-14)17(13)23(19,20)12-4-2-1-3-5-12/h1-8,13,16-17H,9-10,18H2/t13-,16-,17-/m1/s1. The SMILES string of the molecule is NC[C@@H]1[C@@H](c2ccc3c(c2)OCO3)[C@@H]1S(=O)(=O)c1ccccc1. The van der Waals surface area contributed by atoms with E-state index in [1.165, 1.54) is 0 Å². The molecule has 0 spiro atoms. The van der Waals surface area contributed by atoms with Crippen molar-refractivity contribution in [3.8, 4) is 11.5 Å². The van der Waals surface area contributed by atoms with Crippen LogP contribution < -0.4 is 15.2 Å². The van der Waals surface area contributed by atoms with E-state index in [4.69, 9.17) is 15.2 Å². The van der Waals surface area contributed by atoms with Crippen LogP contribution in [0.25, 0.3) is 0 Å². The van der Waals surface area contributed by atoms with Crippen LogP contribution >= 0.6 is 0 Å². The Balaban J connectivity index is 1.68. The Hall–Kier alpha value is -2.05. The summed E-state index contributed by atoms with van der Waals surface area (Å²) in [6.45, 7) is 0.547. The van der Waals surface area contributed by atoms with Crippen molar-refractivity contribution >= 4 is 9.84 Å². The summed E-state index contributed by atoms with van der Waals surface area (Å²) in [5.74, 6) is 1.20. The molecule has 0 amide bonds. The highest BCUT2D eigenvalue weighted by molar-refractivity contribution is 7.92. The monoisotopic (exact) mass is 331 g/mol. The third kappa shape index (κ3) is 2.29. The molecule has 2 aromatic rings. The second-order valence-electron chi connectivity index (χ2n) is 5.86. The average molecular weight is 331 g/mol. The fourth-order valence-electron chi connectivity index (χ4n) is 3.37. The highest BCUT2D eigenvalue weighted by atomic mass is 32.2. The van der Waals surface area contributed by atoms with E-state index in [0.29, 0.717) is 22.9 Å². The zero-order chi connectivity index (χ0) is 16.0. The van der Waals surface area contributed by atoms with E-state index < -0.39 is 15.1 Å². The Bertz CT molecular complexity index is 835. The van der Waals surface area contributed by atoms with Crippen LogP contribution in [0.15, 0.2) is 53.4 Å². The molecule has 1 aliphatic heterocycles. The van der Waals surface area contributed by atoms with E-state index in [2.05, 4.69) is 0 Å². The topological polar surface area (TPSA) is 78.6 Å². The highest BCUT2D eigenvalue weighted by Gasteiger charge is 2.58. The fraction of sp³-hybridized carbons (Fsp3) is 0.294. The van der Waals surface area contributed by atoms with E-state index in [0.717, 1.165) is 5.56 Å². The lowest BCUT2D eigenvalue weighted by Crippen LogP contribution is -2.13. The smallest absolute Gasteiger partial charge is 0.231 e. The van der Waals surface area contributed by atoms with Crippen molar-refractivity contribution in [2.75, 3.05) is 13.3 Å². The van der Waals surface area contributed by atoms with Gasteiger partial charge in [0.1, 0.15) is 0 Å². The maximum absolute atomic E-state index is 12.9. The molecule has 6 heteroatoms. The Morgan fingerprint density at radius 1 is 1.04 bits per heavy atom. The molecule has 4 rings (SSSR count). The Morgan fingerprint density at radius 3 is 2.52 bits per heavy atom. The number of fused-ring (bicyclic) bond motifs is 1. The maximum Gasteiger partial charge on any atom is 0.231 e. The summed E-state index contributed by atoms with van der Waals surface area (Å²) in [5, 5.41) is -0.477. The first-order valence-electron chi connectivity index (χ1n) is 7.51. The Kier molecular flexibility index (Phi) is 3.32. The molecule has 2 aliphatic rings. The molecule has 0 aromatic heterocycles. The highest BCUT2D eigenvalue weighted by Crippen LogP contribution is 2.54. The molecular formula is C17H17NO4S. The molecular weight excluding hydrogens is 314 g/mol. The van der Waals surface area contributed by atoms with Crippen molar-refractivity contribution in [1.82, 2.24) is 0 Å². The van der Waals surface area contributed by atoms with Gasteiger partial charge in [-0.05, 0) is 42.3 Å². The van der Waals surface area contributed by atoms with Crippen LogP contribution in [0, 0.1) is 5.92 Å². The van der Waals surface area contributed by atoms with Crippen molar-refractivity contribution in [3.05, 3.63) is 54.1 Å². The number of hydrogen-bond donors (Lipinski definition) is 1. The lowest BCUT2D eigenvalue weighted by Gasteiger charge is -2.05.